The third-order valence-electron chi connectivity index (χ3n) is 3.52. The molecule has 25 heavy (non-hydrogen) atoms. The standard InChI is InChI=1S/C17H19ClN2O4S/c1-12(21)19-14-8-9-16(24-3)17(10-14)25(22,23)20(2)11-13-6-4-5-7-15(13)18/h4-10H,11H2,1-3H3,(H,19,21). The van der Waals surface area contributed by atoms with Gasteiger partial charge >= 0.3 is 0 Å². The Bertz CT molecular complexity index is 884. The highest BCUT2D eigenvalue weighted by Gasteiger charge is 2.26. The predicted octanol–water partition coefficient (Wildman–Crippen LogP) is 3.13. The summed E-state index contributed by atoms with van der Waals surface area (Å²) in [6.07, 6.45) is 0. The van der Waals surface area contributed by atoms with Crippen LogP contribution < -0.4 is 10.1 Å². The molecule has 0 aliphatic heterocycles. The van der Waals surface area contributed by atoms with Gasteiger partial charge in [0.25, 0.3) is 0 Å². The van der Waals surface area contributed by atoms with Crippen LogP contribution in [0.2, 0.25) is 5.02 Å². The molecule has 0 atom stereocenters. The lowest BCUT2D eigenvalue weighted by Crippen LogP contribution is -2.27. The van der Waals surface area contributed by atoms with Crippen molar-refractivity contribution in [3.8, 4) is 5.75 Å². The Kier molecular flexibility index (Phi) is 6.05. The smallest absolute Gasteiger partial charge is 0.246 e. The maximum atomic E-state index is 13.0. The minimum absolute atomic E-state index is 0.0317. The summed E-state index contributed by atoms with van der Waals surface area (Å²) >= 11 is 6.11. The summed E-state index contributed by atoms with van der Waals surface area (Å²) in [6.45, 7) is 1.46. The van der Waals surface area contributed by atoms with E-state index in [1.165, 1.54) is 37.5 Å². The van der Waals surface area contributed by atoms with Crippen LogP contribution in [0.5, 0.6) is 5.75 Å². The molecule has 0 unspecified atom stereocenters. The van der Waals surface area contributed by atoms with Gasteiger partial charge in [0.1, 0.15) is 10.6 Å². The van der Waals surface area contributed by atoms with Crippen molar-refractivity contribution in [3.05, 3.63) is 53.1 Å². The molecule has 6 nitrogen and oxygen atoms in total. The number of amides is 1. The molecule has 0 aliphatic carbocycles. The maximum Gasteiger partial charge on any atom is 0.246 e. The number of rotatable bonds is 6. The van der Waals surface area contributed by atoms with Crippen LogP contribution in [0.1, 0.15) is 12.5 Å². The van der Waals surface area contributed by atoms with Gasteiger partial charge in [-0.3, -0.25) is 4.79 Å². The van der Waals surface area contributed by atoms with E-state index in [9.17, 15) is 13.2 Å². The Balaban J connectivity index is 2.40. The molecule has 0 fully saturated rings. The SMILES string of the molecule is COc1ccc(NC(C)=O)cc1S(=O)(=O)N(C)Cc1ccccc1Cl. The molecule has 0 radical (unpaired) electrons. The van der Waals surface area contributed by atoms with Crippen molar-refractivity contribution >= 4 is 33.2 Å². The zero-order chi connectivity index (χ0) is 18.6. The molecular formula is C17H19ClN2O4S. The zero-order valence-corrected chi connectivity index (χ0v) is 15.7. The molecule has 2 aromatic carbocycles. The molecule has 0 spiro atoms. The van der Waals surface area contributed by atoms with Gasteiger partial charge in [-0.05, 0) is 29.8 Å². The molecule has 0 heterocycles. The van der Waals surface area contributed by atoms with Crippen LogP contribution >= 0.6 is 11.6 Å². The summed E-state index contributed by atoms with van der Waals surface area (Å²) in [5, 5.41) is 3.06. The Morgan fingerprint density at radius 1 is 1.24 bits per heavy atom. The lowest BCUT2D eigenvalue weighted by atomic mass is 10.2. The predicted molar refractivity (Wildman–Crippen MR) is 97.4 cm³/mol. The maximum absolute atomic E-state index is 13.0. The van der Waals surface area contributed by atoms with E-state index in [1.807, 2.05) is 0 Å². The fourth-order valence-corrected chi connectivity index (χ4v) is 3.80. The first-order chi connectivity index (χ1) is 11.8. The van der Waals surface area contributed by atoms with Crippen molar-refractivity contribution in [1.29, 1.82) is 0 Å². The number of hydrogen-bond donors (Lipinski definition) is 1. The second-order valence-corrected chi connectivity index (χ2v) is 7.82. The topological polar surface area (TPSA) is 75.7 Å². The molecule has 0 aliphatic rings. The summed E-state index contributed by atoms with van der Waals surface area (Å²) in [6, 6.07) is 11.5. The molecule has 134 valence electrons. The first kappa shape index (κ1) is 19.2. The minimum Gasteiger partial charge on any atom is -0.495 e. The first-order valence-electron chi connectivity index (χ1n) is 7.41. The number of halogens is 1. The van der Waals surface area contributed by atoms with E-state index in [0.29, 0.717) is 16.3 Å². The van der Waals surface area contributed by atoms with Gasteiger partial charge in [-0.15, -0.1) is 0 Å². The summed E-state index contributed by atoms with van der Waals surface area (Å²) in [5.41, 5.74) is 1.06. The van der Waals surface area contributed by atoms with E-state index in [1.54, 1.807) is 30.3 Å². The number of carbonyl (C=O) groups is 1. The number of nitrogens with zero attached hydrogens (tertiary/aromatic N) is 1. The number of carbonyl (C=O) groups excluding carboxylic acids is 1. The molecule has 0 saturated heterocycles. The van der Waals surface area contributed by atoms with E-state index in [-0.39, 0.29) is 23.1 Å². The van der Waals surface area contributed by atoms with Crippen LogP contribution in [-0.4, -0.2) is 32.8 Å². The monoisotopic (exact) mass is 382 g/mol. The molecular weight excluding hydrogens is 364 g/mol. The van der Waals surface area contributed by atoms with Crippen LogP contribution in [0.4, 0.5) is 5.69 Å². The van der Waals surface area contributed by atoms with Gasteiger partial charge in [0.2, 0.25) is 15.9 Å². The summed E-state index contributed by atoms with van der Waals surface area (Å²) in [5.74, 6) is -0.0990. The molecule has 2 rings (SSSR count). The van der Waals surface area contributed by atoms with Gasteiger partial charge in [0, 0.05) is 31.2 Å². The summed E-state index contributed by atoms with van der Waals surface area (Å²) < 4.78 is 32.3. The molecule has 1 N–H and O–H groups in total. The van der Waals surface area contributed by atoms with Crippen molar-refractivity contribution in [3.63, 3.8) is 0 Å². The number of methoxy groups -OCH3 is 1. The highest BCUT2D eigenvalue weighted by atomic mass is 35.5. The third-order valence-corrected chi connectivity index (χ3v) is 5.72. The van der Waals surface area contributed by atoms with Crippen LogP contribution in [-0.2, 0) is 21.4 Å². The highest BCUT2D eigenvalue weighted by Crippen LogP contribution is 2.30. The number of hydrogen-bond acceptors (Lipinski definition) is 4. The zero-order valence-electron chi connectivity index (χ0n) is 14.1. The van der Waals surface area contributed by atoms with Crippen molar-refractivity contribution in [2.45, 2.75) is 18.4 Å². The number of anilines is 1. The molecule has 2 aromatic rings. The van der Waals surface area contributed by atoms with E-state index in [2.05, 4.69) is 5.32 Å². The summed E-state index contributed by atoms with van der Waals surface area (Å²) in [4.78, 5) is 11.2. The lowest BCUT2D eigenvalue weighted by Gasteiger charge is -2.20. The molecule has 0 bridgehead atoms. The van der Waals surface area contributed by atoms with Crippen LogP contribution in [0.15, 0.2) is 47.4 Å². The van der Waals surface area contributed by atoms with Gasteiger partial charge < -0.3 is 10.1 Å². The normalized spacial score (nSPS) is 11.4. The molecule has 1 amide bonds. The van der Waals surface area contributed by atoms with E-state index in [4.69, 9.17) is 16.3 Å². The average Bonchev–Trinajstić information content (AvgIpc) is 2.56. The Hall–Kier alpha value is -2.09. The van der Waals surface area contributed by atoms with Crippen LogP contribution in [0.25, 0.3) is 0 Å². The average molecular weight is 383 g/mol. The van der Waals surface area contributed by atoms with Gasteiger partial charge in [0.15, 0.2) is 0 Å². The third kappa shape index (κ3) is 4.50. The number of ether oxygens (including phenoxy) is 1. The Morgan fingerprint density at radius 2 is 1.92 bits per heavy atom. The fraction of sp³-hybridized carbons (Fsp3) is 0.235. The number of nitrogens with one attached hydrogen (secondary N) is 1. The second-order valence-electron chi connectivity index (χ2n) is 5.40. The van der Waals surface area contributed by atoms with Gasteiger partial charge in [-0.25, -0.2) is 8.42 Å². The van der Waals surface area contributed by atoms with Crippen molar-refractivity contribution < 1.29 is 17.9 Å². The Labute approximate surface area is 152 Å². The quantitative estimate of drug-likeness (QED) is 0.832. The van der Waals surface area contributed by atoms with E-state index in [0.717, 1.165) is 0 Å². The number of sulfonamides is 1. The lowest BCUT2D eigenvalue weighted by molar-refractivity contribution is -0.114. The first-order valence-corrected chi connectivity index (χ1v) is 9.23. The highest BCUT2D eigenvalue weighted by molar-refractivity contribution is 7.89. The molecule has 0 aromatic heterocycles. The van der Waals surface area contributed by atoms with Crippen LogP contribution in [0, 0.1) is 0 Å². The van der Waals surface area contributed by atoms with Gasteiger partial charge in [0.05, 0.1) is 7.11 Å². The van der Waals surface area contributed by atoms with Gasteiger partial charge in [-0.2, -0.15) is 4.31 Å². The largest absolute Gasteiger partial charge is 0.495 e. The summed E-state index contributed by atoms with van der Waals surface area (Å²) in [7, 11) is -1.01. The Morgan fingerprint density at radius 3 is 2.52 bits per heavy atom. The van der Waals surface area contributed by atoms with Crippen LogP contribution in [0.3, 0.4) is 0 Å². The van der Waals surface area contributed by atoms with Crippen molar-refractivity contribution in [1.82, 2.24) is 4.31 Å². The van der Waals surface area contributed by atoms with E-state index >= 15 is 0 Å². The van der Waals surface area contributed by atoms with Crippen molar-refractivity contribution in [2.24, 2.45) is 0 Å². The van der Waals surface area contributed by atoms with Crippen molar-refractivity contribution in [2.75, 3.05) is 19.5 Å². The fourth-order valence-electron chi connectivity index (χ4n) is 2.28. The van der Waals surface area contributed by atoms with Gasteiger partial charge in [-0.1, -0.05) is 29.8 Å². The van der Waals surface area contributed by atoms with E-state index < -0.39 is 10.0 Å². The molecule has 8 heteroatoms. The minimum atomic E-state index is -3.86. The molecule has 0 saturated carbocycles. The second kappa shape index (κ2) is 7.86. The number of benzene rings is 2.